The minimum absolute atomic E-state index is 0.0861. The van der Waals surface area contributed by atoms with Crippen molar-refractivity contribution in [3.63, 3.8) is 0 Å². The van der Waals surface area contributed by atoms with E-state index in [4.69, 9.17) is 4.74 Å². The third-order valence-corrected chi connectivity index (χ3v) is 5.78. The highest BCUT2D eigenvalue weighted by Gasteiger charge is 2.34. The Bertz CT molecular complexity index is 1150. The number of ether oxygens (including phenoxy) is 1. The Morgan fingerprint density at radius 2 is 1.88 bits per heavy atom. The van der Waals surface area contributed by atoms with Gasteiger partial charge >= 0.3 is 6.18 Å². The fraction of sp³-hybridized carbons (Fsp3) is 0.429. The first kappa shape index (κ1) is 25.7. The molecule has 1 fully saturated rings. The Labute approximate surface area is 194 Å². The molecule has 0 aliphatic carbocycles. The van der Waals surface area contributed by atoms with Crippen molar-refractivity contribution in [1.82, 2.24) is 10.3 Å². The van der Waals surface area contributed by atoms with Gasteiger partial charge in [-0.3, -0.25) is 9.52 Å². The fourth-order valence-electron chi connectivity index (χ4n) is 3.39. The van der Waals surface area contributed by atoms with E-state index in [-0.39, 0.29) is 18.1 Å². The molecule has 13 heteroatoms. The lowest BCUT2D eigenvalue weighted by Crippen LogP contribution is -2.38. The summed E-state index contributed by atoms with van der Waals surface area (Å²) >= 11 is 0. The lowest BCUT2D eigenvalue weighted by Gasteiger charge is -2.30. The van der Waals surface area contributed by atoms with Crippen LogP contribution in [0.3, 0.4) is 0 Å². The van der Waals surface area contributed by atoms with Crippen LogP contribution in [-0.4, -0.2) is 51.9 Å². The SMILES string of the molecule is C[C@H](C(=O)NCc1ccc(C(F)(F)F)nc1N1CCOCC1)c1ccc(NS(C)(=O)=O)c(F)c1. The first-order valence-electron chi connectivity index (χ1n) is 10.3. The van der Waals surface area contributed by atoms with Crippen molar-refractivity contribution in [3.05, 3.63) is 53.0 Å². The Balaban J connectivity index is 1.75. The van der Waals surface area contributed by atoms with Gasteiger partial charge in [0, 0.05) is 25.2 Å². The van der Waals surface area contributed by atoms with Crippen LogP contribution in [0.5, 0.6) is 0 Å². The number of nitrogens with one attached hydrogen (secondary N) is 2. The van der Waals surface area contributed by atoms with Gasteiger partial charge in [0.05, 0.1) is 31.1 Å². The van der Waals surface area contributed by atoms with Gasteiger partial charge in [-0.2, -0.15) is 13.2 Å². The van der Waals surface area contributed by atoms with Crippen LogP contribution in [0.4, 0.5) is 29.1 Å². The lowest BCUT2D eigenvalue weighted by molar-refractivity contribution is -0.141. The molecule has 0 spiro atoms. The zero-order valence-corrected chi connectivity index (χ0v) is 19.3. The topological polar surface area (TPSA) is 101 Å². The van der Waals surface area contributed by atoms with E-state index in [1.807, 2.05) is 4.72 Å². The summed E-state index contributed by atoms with van der Waals surface area (Å²) in [5.74, 6) is -2.02. The van der Waals surface area contributed by atoms with Gasteiger partial charge < -0.3 is 15.0 Å². The third-order valence-electron chi connectivity index (χ3n) is 5.19. The normalized spacial score (nSPS) is 15.6. The van der Waals surface area contributed by atoms with E-state index < -0.39 is 39.5 Å². The average Bonchev–Trinajstić information content (AvgIpc) is 2.77. The summed E-state index contributed by atoms with van der Waals surface area (Å²) < 4.78 is 83.7. The number of morpholine rings is 1. The Morgan fingerprint density at radius 1 is 1.21 bits per heavy atom. The zero-order chi connectivity index (χ0) is 25.1. The quantitative estimate of drug-likeness (QED) is 0.563. The largest absolute Gasteiger partial charge is 0.433 e. The number of anilines is 2. The van der Waals surface area contributed by atoms with Gasteiger partial charge in [-0.15, -0.1) is 0 Å². The van der Waals surface area contributed by atoms with Gasteiger partial charge in [-0.1, -0.05) is 12.1 Å². The summed E-state index contributed by atoms with van der Waals surface area (Å²) in [7, 11) is -3.67. The first-order valence-corrected chi connectivity index (χ1v) is 12.2. The van der Waals surface area contributed by atoms with E-state index >= 15 is 0 Å². The molecule has 1 saturated heterocycles. The lowest BCUT2D eigenvalue weighted by atomic mass is 9.99. The molecule has 1 aromatic heterocycles. The number of alkyl halides is 3. The molecule has 186 valence electrons. The van der Waals surface area contributed by atoms with Crippen molar-refractivity contribution in [1.29, 1.82) is 0 Å². The summed E-state index contributed by atoms with van der Waals surface area (Å²) in [5.41, 5.74) is -0.581. The Hall–Kier alpha value is -2.93. The average molecular weight is 505 g/mol. The van der Waals surface area contributed by atoms with Crippen LogP contribution in [0.2, 0.25) is 0 Å². The molecule has 2 aromatic rings. The maximum absolute atomic E-state index is 14.3. The van der Waals surface area contributed by atoms with E-state index in [0.717, 1.165) is 18.4 Å². The number of carbonyl (C=O) groups is 1. The molecule has 8 nitrogen and oxygen atoms in total. The smallest absolute Gasteiger partial charge is 0.378 e. The van der Waals surface area contributed by atoms with Crippen molar-refractivity contribution < 1.29 is 35.5 Å². The molecular formula is C21H24F4N4O4S. The molecule has 0 radical (unpaired) electrons. The highest BCUT2D eigenvalue weighted by molar-refractivity contribution is 7.92. The molecule has 2 N–H and O–H groups in total. The molecule has 1 aliphatic rings. The molecule has 0 unspecified atom stereocenters. The van der Waals surface area contributed by atoms with Crippen LogP contribution in [0.25, 0.3) is 0 Å². The molecule has 1 amide bonds. The number of rotatable bonds is 7. The number of halogens is 4. The van der Waals surface area contributed by atoms with E-state index in [2.05, 4.69) is 10.3 Å². The second-order valence-electron chi connectivity index (χ2n) is 7.83. The Morgan fingerprint density at radius 3 is 2.47 bits per heavy atom. The van der Waals surface area contributed by atoms with Crippen molar-refractivity contribution in [2.45, 2.75) is 25.6 Å². The van der Waals surface area contributed by atoms with E-state index in [9.17, 15) is 30.8 Å². The predicted octanol–water partition coefficient (Wildman–Crippen LogP) is 2.87. The van der Waals surface area contributed by atoms with E-state index in [1.165, 1.54) is 25.1 Å². The molecule has 1 aliphatic heterocycles. The number of hydrogen-bond donors (Lipinski definition) is 2. The molecule has 1 atom stereocenters. The molecule has 3 rings (SSSR count). The minimum atomic E-state index is -4.61. The number of carbonyl (C=O) groups excluding carboxylic acids is 1. The van der Waals surface area contributed by atoms with Crippen molar-refractivity contribution >= 4 is 27.4 Å². The summed E-state index contributed by atoms with van der Waals surface area (Å²) in [6.45, 7) is 2.85. The standard InChI is InChI=1S/C21H24F4N4O4S/c1-13(14-3-5-17(16(22)11-14)28-34(2,31)32)20(30)26-12-15-4-6-18(21(23,24)25)27-19(15)29-7-9-33-10-8-29/h3-6,11,13,28H,7-10,12H2,1-2H3,(H,26,30)/t13-/m0/s1. The number of hydrogen-bond acceptors (Lipinski definition) is 6. The number of benzene rings is 1. The maximum atomic E-state index is 14.3. The number of pyridine rings is 1. The Kier molecular flexibility index (Phi) is 7.66. The summed E-state index contributed by atoms with van der Waals surface area (Å²) in [4.78, 5) is 18.1. The molecule has 0 saturated carbocycles. The summed E-state index contributed by atoms with van der Waals surface area (Å²) in [5, 5.41) is 2.66. The van der Waals surface area contributed by atoms with Crippen LogP contribution in [0, 0.1) is 5.82 Å². The highest BCUT2D eigenvalue weighted by Crippen LogP contribution is 2.31. The highest BCUT2D eigenvalue weighted by atomic mass is 32.2. The van der Waals surface area contributed by atoms with Gasteiger partial charge in [0.2, 0.25) is 15.9 Å². The molecule has 1 aromatic carbocycles. The molecule has 34 heavy (non-hydrogen) atoms. The molecule has 0 bridgehead atoms. The van der Waals surface area contributed by atoms with Crippen LogP contribution in [-0.2, 0) is 32.3 Å². The molecular weight excluding hydrogens is 480 g/mol. The van der Waals surface area contributed by atoms with Crippen molar-refractivity contribution in [3.8, 4) is 0 Å². The van der Waals surface area contributed by atoms with Gasteiger partial charge in [-0.05, 0) is 30.7 Å². The van der Waals surface area contributed by atoms with E-state index in [1.54, 1.807) is 4.90 Å². The number of amides is 1. The third kappa shape index (κ3) is 6.56. The van der Waals surface area contributed by atoms with Crippen LogP contribution < -0.4 is 14.9 Å². The second kappa shape index (κ2) is 10.1. The van der Waals surface area contributed by atoms with Gasteiger partial charge in [-0.25, -0.2) is 17.8 Å². The van der Waals surface area contributed by atoms with Gasteiger partial charge in [0.25, 0.3) is 0 Å². The van der Waals surface area contributed by atoms with Crippen molar-refractivity contribution in [2.75, 3.05) is 42.2 Å². The zero-order valence-electron chi connectivity index (χ0n) is 18.4. The number of sulfonamides is 1. The van der Waals surface area contributed by atoms with Crippen LogP contribution in [0.1, 0.15) is 29.7 Å². The van der Waals surface area contributed by atoms with Gasteiger partial charge in [0.15, 0.2) is 0 Å². The van der Waals surface area contributed by atoms with Crippen LogP contribution >= 0.6 is 0 Å². The fourth-order valence-corrected chi connectivity index (χ4v) is 3.96. The van der Waals surface area contributed by atoms with Crippen LogP contribution in [0.15, 0.2) is 30.3 Å². The second-order valence-corrected chi connectivity index (χ2v) is 9.58. The number of nitrogens with zero attached hydrogens (tertiary/aromatic N) is 2. The maximum Gasteiger partial charge on any atom is 0.433 e. The molecule has 2 heterocycles. The van der Waals surface area contributed by atoms with Crippen molar-refractivity contribution in [2.24, 2.45) is 0 Å². The number of aromatic nitrogens is 1. The summed E-state index contributed by atoms with van der Waals surface area (Å²) in [6.07, 6.45) is -3.72. The van der Waals surface area contributed by atoms with Gasteiger partial charge in [0.1, 0.15) is 17.3 Å². The first-order chi connectivity index (χ1) is 15.8. The minimum Gasteiger partial charge on any atom is -0.378 e. The summed E-state index contributed by atoms with van der Waals surface area (Å²) in [6, 6.07) is 5.82. The monoisotopic (exact) mass is 504 g/mol. The van der Waals surface area contributed by atoms with E-state index in [0.29, 0.717) is 37.4 Å². The predicted molar refractivity (Wildman–Crippen MR) is 117 cm³/mol.